The number of aryl methyl sites for hydroxylation is 1. The van der Waals surface area contributed by atoms with E-state index in [-0.39, 0.29) is 36.5 Å². The lowest BCUT2D eigenvalue weighted by Crippen LogP contribution is -2.31. The zero-order valence-corrected chi connectivity index (χ0v) is 18.4. The molecule has 0 atom stereocenters. The fraction of sp³-hybridized carbons (Fsp3) is 0.154. The van der Waals surface area contributed by atoms with Crippen LogP contribution in [0.15, 0.2) is 71.9 Å². The molecule has 1 N–H and O–H groups in total. The minimum atomic E-state index is -0.322. The number of nitrogens with zero attached hydrogens (tertiary/aromatic N) is 3. The molecule has 2 amide bonds. The maximum Gasteiger partial charge on any atom is 0.261 e. The minimum Gasteiger partial charge on any atom is -0.497 e. The van der Waals surface area contributed by atoms with E-state index in [0.29, 0.717) is 34.2 Å². The first-order valence-corrected chi connectivity index (χ1v) is 10.8. The van der Waals surface area contributed by atoms with Crippen LogP contribution in [-0.2, 0) is 6.54 Å². The Hall–Kier alpha value is -4.46. The summed E-state index contributed by atoms with van der Waals surface area (Å²) in [4.78, 5) is 37.9. The Labute approximate surface area is 195 Å². The molecule has 0 spiro atoms. The van der Waals surface area contributed by atoms with Crippen molar-refractivity contribution in [2.45, 2.75) is 13.0 Å². The van der Waals surface area contributed by atoms with Gasteiger partial charge < -0.3 is 14.4 Å². The van der Waals surface area contributed by atoms with Gasteiger partial charge in [0.25, 0.3) is 11.8 Å². The van der Waals surface area contributed by atoms with E-state index in [4.69, 9.17) is 4.74 Å². The van der Waals surface area contributed by atoms with Gasteiger partial charge in [0.2, 0.25) is 5.88 Å². The molecular weight excluding hydrogens is 434 g/mol. The molecule has 0 saturated carbocycles. The molecule has 1 aliphatic rings. The van der Waals surface area contributed by atoms with Gasteiger partial charge in [0, 0.05) is 18.5 Å². The Morgan fingerprint density at radius 1 is 0.882 bits per heavy atom. The summed E-state index contributed by atoms with van der Waals surface area (Å²) in [5.74, 6) is -0.169. The Bertz CT molecular complexity index is 1420. The summed E-state index contributed by atoms with van der Waals surface area (Å²) in [5.41, 5.74) is 3.19. The molecule has 0 saturated heterocycles. The van der Waals surface area contributed by atoms with Gasteiger partial charge in [0.1, 0.15) is 5.75 Å². The number of ether oxygens (including phenoxy) is 1. The fourth-order valence-electron chi connectivity index (χ4n) is 4.45. The number of nitroso groups, excluding NO2 is 1. The molecule has 1 aromatic heterocycles. The van der Waals surface area contributed by atoms with Crippen LogP contribution in [0.2, 0.25) is 0 Å². The van der Waals surface area contributed by atoms with Crippen molar-refractivity contribution in [3.05, 3.63) is 82.8 Å². The number of fused-ring (bicyclic) bond motifs is 2. The van der Waals surface area contributed by atoms with E-state index in [9.17, 15) is 19.6 Å². The van der Waals surface area contributed by atoms with Crippen molar-refractivity contribution in [1.82, 2.24) is 9.47 Å². The van der Waals surface area contributed by atoms with Crippen LogP contribution < -0.4 is 4.74 Å². The van der Waals surface area contributed by atoms with Gasteiger partial charge in [0.05, 0.1) is 23.8 Å². The lowest BCUT2D eigenvalue weighted by molar-refractivity contribution is 0.0651. The van der Waals surface area contributed by atoms with Gasteiger partial charge in [-0.3, -0.25) is 14.5 Å². The number of aromatic nitrogens is 1. The first kappa shape index (κ1) is 21.4. The molecule has 2 heterocycles. The number of carbonyl (C=O) groups excluding carboxylic acids is 2. The highest BCUT2D eigenvalue weighted by atomic mass is 16.5. The number of hydrogen-bond donors (Lipinski definition) is 1. The van der Waals surface area contributed by atoms with E-state index in [1.807, 2.05) is 36.4 Å². The van der Waals surface area contributed by atoms with Crippen molar-refractivity contribution in [3.8, 4) is 22.8 Å². The van der Waals surface area contributed by atoms with E-state index in [1.54, 1.807) is 42.0 Å². The summed E-state index contributed by atoms with van der Waals surface area (Å²) in [6.07, 6.45) is 0.393. The molecule has 8 heteroatoms. The van der Waals surface area contributed by atoms with E-state index in [1.165, 1.54) is 4.90 Å². The number of rotatable bonds is 7. The smallest absolute Gasteiger partial charge is 0.261 e. The Balaban J connectivity index is 1.43. The summed E-state index contributed by atoms with van der Waals surface area (Å²) >= 11 is 0. The second kappa shape index (κ2) is 8.47. The predicted octanol–water partition coefficient (Wildman–Crippen LogP) is 5.11. The minimum absolute atomic E-state index is 0.0343. The van der Waals surface area contributed by atoms with Crippen LogP contribution in [0.1, 0.15) is 27.1 Å². The summed E-state index contributed by atoms with van der Waals surface area (Å²) in [5, 5.41) is 14.2. The lowest BCUT2D eigenvalue weighted by atomic mass is 10.0. The van der Waals surface area contributed by atoms with E-state index in [0.717, 1.165) is 11.1 Å². The number of carbonyl (C=O) groups is 2. The van der Waals surface area contributed by atoms with Crippen LogP contribution in [0, 0.1) is 4.91 Å². The topological polar surface area (TPSA) is 101 Å². The second-order valence-electron chi connectivity index (χ2n) is 8.04. The standard InChI is InChI=1S/C26H21N3O5/c1-34-18-7-4-6-16(14-18)17-10-11-21-22(15-17)28(26(32)23(21)27-33)12-5-13-29-24(30)19-8-2-3-9-20(19)25(29)31/h2-4,6-11,14-15,32H,5,12-13H2,1H3. The first-order valence-electron chi connectivity index (χ1n) is 10.8. The summed E-state index contributed by atoms with van der Waals surface area (Å²) in [6.45, 7) is 0.470. The number of imide groups is 1. The molecule has 5 rings (SSSR count). The number of aromatic hydroxyl groups is 1. The molecular formula is C26H21N3O5. The van der Waals surface area contributed by atoms with Crippen LogP contribution in [0.5, 0.6) is 11.6 Å². The first-order chi connectivity index (χ1) is 16.5. The number of methoxy groups -OCH3 is 1. The Morgan fingerprint density at radius 3 is 2.26 bits per heavy atom. The third-order valence-electron chi connectivity index (χ3n) is 6.15. The van der Waals surface area contributed by atoms with E-state index < -0.39 is 0 Å². The molecule has 170 valence electrons. The SMILES string of the molecule is COc1cccc(-c2ccc3c(N=O)c(O)n(CCCN4C(=O)c5ccccc5C4=O)c3c2)c1. The van der Waals surface area contributed by atoms with Crippen LogP contribution in [0.3, 0.4) is 0 Å². The van der Waals surface area contributed by atoms with E-state index >= 15 is 0 Å². The van der Waals surface area contributed by atoms with Crippen molar-refractivity contribution < 1.29 is 19.4 Å². The quantitative estimate of drug-likeness (QED) is 0.308. The fourth-order valence-corrected chi connectivity index (χ4v) is 4.45. The van der Waals surface area contributed by atoms with Gasteiger partial charge in [-0.2, -0.15) is 0 Å². The summed E-state index contributed by atoms with van der Waals surface area (Å²) in [7, 11) is 1.60. The zero-order chi connectivity index (χ0) is 23.8. The highest BCUT2D eigenvalue weighted by Gasteiger charge is 2.34. The highest BCUT2D eigenvalue weighted by molar-refractivity contribution is 6.21. The van der Waals surface area contributed by atoms with Crippen LogP contribution in [0.4, 0.5) is 5.69 Å². The molecule has 0 unspecified atom stereocenters. The molecule has 0 radical (unpaired) electrons. The average molecular weight is 455 g/mol. The van der Waals surface area contributed by atoms with Gasteiger partial charge in [-0.25, -0.2) is 0 Å². The van der Waals surface area contributed by atoms with Crippen LogP contribution in [0.25, 0.3) is 22.0 Å². The monoisotopic (exact) mass is 455 g/mol. The largest absolute Gasteiger partial charge is 0.497 e. The maximum atomic E-state index is 12.6. The van der Waals surface area contributed by atoms with Gasteiger partial charge in [-0.15, -0.1) is 4.91 Å². The molecule has 0 bridgehead atoms. The van der Waals surface area contributed by atoms with Crippen molar-refractivity contribution >= 4 is 28.4 Å². The Morgan fingerprint density at radius 2 is 1.59 bits per heavy atom. The van der Waals surface area contributed by atoms with Gasteiger partial charge >= 0.3 is 0 Å². The normalized spacial score (nSPS) is 12.9. The average Bonchev–Trinajstić information content (AvgIpc) is 3.28. The van der Waals surface area contributed by atoms with Crippen molar-refractivity contribution in [1.29, 1.82) is 0 Å². The second-order valence-corrected chi connectivity index (χ2v) is 8.04. The maximum absolute atomic E-state index is 12.6. The predicted molar refractivity (Wildman–Crippen MR) is 127 cm³/mol. The molecule has 1 aliphatic heterocycles. The van der Waals surface area contributed by atoms with Gasteiger partial charge in [0.15, 0.2) is 5.69 Å². The number of hydrogen-bond acceptors (Lipinski definition) is 6. The third kappa shape index (κ3) is 3.40. The van der Waals surface area contributed by atoms with Crippen molar-refractivity contribution in [3.63, 3.8) is 0 Å². The highest BCUT2D eigenvalue weighted by Crippen LogP contribution is 2.40. The molecule has 4 aromatic rings. The lowest BCUT2D eigenvalue weighted by Gasteiger charge is -2.15. The molecule has 3 aromatic carbocycles. The van der Waals surface area contributed by atoms with Gasteiger partial charge in [-0.05, 0) is 59.1 Å². The van der Waals surface area contributed by atoms with Crippen molar-refractivity contribution in [2.75, 3.05) is 13.7 Å². The molecule has 0 aliphatic carbocycles. The van der Waals surface area contributed by atoms with E-state index in [2.05, 4.69) is 5.18 Å². The van der Waals surface area contributed by atoms with Crippen LogP contribution >= 0.6 is 0 Å². The van der Waals surface area contributed by atoms with Crippen molar-refractivity contribution in [2.24, 2.45) is 5.18 Å². The summed E-state index contributed by atoms with van der Waals surface area (Å²) in [6, 6.07) is 19.8. The third-order valence-corrected chi connectivity index (χ3v) is 6.15. The molecule has 34 heavy (non-hydrogen) atoms. The Kier molecular flexibility index (Phi) is 5.33. The number of amides is 2. The van der Waals surface area contributed by atoms with Gasteiger partial charge in [-0.1, -0.05) is 30.3 Å². The summed E-state index contributed by atoms with van der Waals surface area (Å²) < 4.78 is 6.90. The zero-order valence-electron chi connectivity index (χ0n) is 18.4. The molecule has 0 fully saturated rings. The van der Waals surface area contributed by atoms with Crippen LogP contribution in [-0.4, -0.2) is 40.0 Å². The molecule has 8 nitrogen and oxygen atoms in total. The number of benzene rings is 3.